The van der Waals surface area contributed by atoms with E-state index in [1.165, 1.54) is 0 Å². The smallest absolute Gasteiger partial charge is 0.343 e. The van der Waals surface area contributed by atoms with E-state index >= 15 is 0 Å². The molecule has 4 N–H and O–H groups in total. The quantitative estimate of drug-likeness (QED) is 0.486. The lowest BCUT2D eigenvalue weighted by Gasteiger charge is -2.16. The number of para-hydroxylation sites is 1. The van der Waals surface area contributed by atoms with Gasteiger partial charge in [0.1, 0.15) is 10.6 Å². The molecule has 0 saturated carbocycles. The van der Waals surface area contributed by atoms with Crippen molar-refractivity contribution in [1.29, 1.82) is 0 Å². The zero-order valence-corrected chi connectivity index (χ0v) is 17.9. The van der Waals surface area contributed by atoms with Crippen molar-refractivity contribution in [3.63, 3.8) is 0 Å². The van der Waals surface area contributed by atoms with E-state index in [4.69, 9.17) is 10.5 Å². The number of aryl methyl sites for hydroxylation is 1. The normalized spacial score (nSPS) is 11.4. The molecule has 1 aromatic heterocycles. The molecule has 1 atom stereocenters. The molecule has 0 aliphatic carbocycles. The number of hydrogen-bond acceptors (Lipinski definition) is 7. The van der Waals surface area contributed by atoms with Gasteiger partial charge in [-0.05, 0) is 43.1 Å². The van der Waals surface area contributed by atoms with Gasteiger partial charge in [0.05, 0.1) is 23.0 Å². The Balaban J connectivity index is 1.62. The van der Waals surface area contributed by atoms with Crippen LogP contribution in [0.15, 0.2) is 54.6 Å². The van der Waals surface area contributed by atoms with Crippen molar-refractivity contribution in [3.8, 4) is 0 Å². The number of nitrogens with one attached hydrogen (secondary N) is 2. The van der Waals surface area contributed by atoms with Gasteiger partial charge in [0.25, 0.3) is 11.8 Å². The number of ether oxygens (including phenoxy) is 1. The van der Waals surface area contributed by atoms with Crippen molar-refractivity contribution in [2.24, 2.45) is 0 Å². The molecule has 9 heteroatoms. The van der Waals surface area contributed by atoms with Crippen LogP contribution in [0.25, 0.3) is 0 Å². The van der Waals surface area contributed by atoms with E-state index in [-0.39, 0.29) is 22.5 Å². The van der Waals surface area contributed by atoms with Gasteiger partial charge in [-0.2, -0.15) is 4.37 Å². The average Bonchev–Trinajstić information content (AvgIpc) is 3.11. The van der Waals surface area contributed by atoms with E-state index < -0.39 is 18.5 Å². The SMILES string of the molecule is Cc1nsc(N)c1C(=O)OCC(=O)Nc1ccccc1C(=O)N[C@H](C)c1ccccc1. The van der Waals surface area contributed by atoms with Crippen molar-refractivity contribution >= 4 is 40.0 Å². The van der Waals surface area contributed by atoms with Crippen LogP contribution < -0.4 is 16.4 Å². The number of anilines is 2. The molecule has 2 amide bonds. The first kappa shape index (κ1) is 22.0. The van der Waals surface area contributed by atoms with E-state index in [9.17, 15) is 14.4 Å². The summed E-state index contributed by atoms with van der Waals surface area (Å²) in [7, 11) is 0. The molecule has 0 aliphatic heterocycles. The fourth-order valence-corrected chi connectivity index (χ4v) is 3.56. The van der Waals surface area contributed by atoms with Crippen molar-refractivity contribution in [3.05, 3.63) is 77.0 Å². The monoisotopic (exact) mass is 438 g/mol. The summed E-state index contributed by atoms with van der Waals surface area (Å²) in [5, 5.41) is 5.76. The number of benzene rings is 2. The molecule has 2 aromatic carbocycles. The lowest BCUT2D eigenvalue weighted by Crippen LogP contribution is -2.28. The summed E-state index contributed by atoms with van der Waals surface area (Å²) in [5.74, 6) is -1.64. The van der Waals surface area contributed by atoms with Gasteiger partial charge >= 0.3 is 5.97 Å². The number of aromatic nitrogens is 1. The number of esters is 1. The lowest BCUT2D eigenvalue weighted by atomic mass is 10.1. The van der Waals surface area contributed by atoms with Crippen molar-refractivity contribution < 1.29 is 19.1 Å². The van der Waals surface area contributed by atoms with Crippen molar-refractivity contribution in [2.45, 2.75) is 19.9 Å². The van der Waals surface area contributed by atoms with Gasteiger partial charge in [0, 0.05) is 0 Å². The van der Waals surface area contributed by atoms with Crippen LogP contribution in [-0.2, 0) is 9.53 Å². The second-order valence-electron chi connectivity index (χ2n) is 6.78. The number of rotatable bonds is 7. The zero-order chi connectivity index (χ0) is 22.4. The Kier molecular flexibility index (Phi) is 6.99. The van der Waals surface area contributed by atoms with E-state index in [1.807, 2.05) is 37.3 Å². The third kappa shape index (κ3) is 5.46. The van der Waals surface area contributed by atoms with Crippen molar-refractivity contribution in [2.75, 3.05) is 17.7 Å². The van der Waals surface area contributed by atoms with Gasteiger partial charge in [0.2, 0.25) is 0 Å². The van der Waals surface area contributed by atoms with Crippen molar-refractivity contribution in [1.82, 2.24) is 9.69 Å². The van der Waals surface area contributed by atoms with Gasteiger partial charge in [-0.3, -0.25) is 9.59 Å². The summed E-state index contributed by atoms with van der Waals surface area (Å²) >= 11 is 0.986. The maximum absolute atomic E-state index is 12.8. The first-order valence-electron chi connectivity index (χ1n) is 9.50. The molecule has 31 heavy (non-hydrogen) atoms. The number of carbonyl (C=O) groups is 3. The Hall–Kier alpha value is -3.72. The summed E-state index contributed by atoms with van der Waals surface area (Å²) in [6.07, 6.45) is 0. The second-order valence-corrected chi connectivity index (χ2v) is 7.59. The molecule has 3 rings (SSSR count). The minimum absolute atomic E-state index is 0.160. The van der Waals surface area contributed by atoms with E-state index in [2.05, 4.69) is 15.0 Å². The van der Waals surface area contributed by atoms with Gasteiger partial charge < -0.3 is 21.1 Å². The van der Waals surface area contributed by atoms with Crippen LogP contribution >= 0.6 is 11.5 Å². The molecular weight excluding hydrogens is 416 g/mol. The fraction of sp³-hybridized carbons (Fsp3) is 0.182. The molecule has 0 spiro atoms. The predicted molar refractivity (Wildman–Crippen MR) is 119 cm³/mol. The Bertz CT molecular complexity index is 1080. The Morgan fingerprint density at radius 1 is 1.10 bits per heavy atom. The minimum Gasteiger partial charge on any atom is -0.452 e. The molecule has 0 aliphatic rings. The van der Waals surface area contributed by atoms with Crippen LogP contribution in [0.4, 0.5) is 10.7 Å². The number of carbonyl (C=O) groups excluding carboxylic acids is 3. The van der Waals surface area contributed by atoms with Crippen LogP contribution in [0.2, 0.25) is 0 Å². The summed E-state index contributed by atoms with van der Waals surface area (Å²) in [6.45, 7) is 2.99. The Morgan fingerprint density at radius 3 is 2.45 bits per heavy atom. The third-order valence-corrected chi connectivity index (χ3v) is 5.29. The highest BCUT2D eigenvalue weighted by Crippen LogP contribution is 2.22. The highest BCUT2D eigenvalue weighted by atomic mass is 32.1. The zero-order valence-electron chi connectivity index (χ0n) is 17.0. The van der Waals surface area contributed by atoms with Crippen LogP contribution in [0.1, 0.15) is 44.9 Å². The summed E-state index contributed by atoms with van der Waals surface area (Å²) in [5.41, 5.74) is 7.90. The first-order chi connectivity index (χ1) is 14.9. The summed E-state index contributed by atoms with van der Waals surface area (Å²) in [6, 6.07) is 15.9. The highest BCUT2D eigenvalue weighted by molar-refractivity contribution is 7.10. The molecule has 0 fully saturated rings. The molecule has 0 saturated heterocycles. The maximum atomic E-state index is 12.8. The number of hydrogen-bond donors (Lipinski definition) is 3. The summed E-state index contributed by atoms with van der Waals surface area (Å²) < 4.78 is 9.02. The lowest BCUT2D eigenvalue weighted by molar-refractivity contribution is -0.119. The first-order valence-corrected chi connectivity index (χ1v) is 10.3. The van der Waals surface area contributed by atoms with Gasteiger partial charge in [-0.1, -0.05) is 42.5 Å². The maximum Gasteiger partial charge on any atom is 0.343 e. The van der Waals surface area contributed by atoms with E-state index in [1.54, 1.807) is 31.2 Å². The second kappa shape index (κ2) is 9.86. The van der Waals surface area contributed by atoms with E-state index in [0.29, 0.717) is 16.9 Å². The standard InChI is InChI=1S/C22H22N4O4S/c1-13(15-8-4-3-5-9-15)24-21(28)16-10-6-7-11-17(16)25-18(27)12-30-22(29)19-14(2)26-31-20(19)23/h3-11,13H,12,23H2,1-2H3,(H,24,28)(H,25,27)/t13-/m1/s1. The molecule has 0 bridgehead atoms. The Labute approximate surface area is 183 Å². The average molecular weight is 439 g/mol. The number of nitrogen functional groups attached to an aromatic ring is 1. The topological polar surface area (TPSA) is 123 Å². The largest absolute Gasteiger partial charge is 0.452 e. The molecule has 160 valence electrons. The Morgan fingerprint density at radius 2 is 1.77 bits per heavy atom. The number of nitrogens with zero attached hydrogens (tertiary/aromatic N) is 1. The van der Waals surface area contributed by atoms with Gasteiger partial charge in [-0.25, -0.2) is 4.79 Å². The third-order valence-electron chi connectivity index (χ3n) is 4.52. The fourth-order valence-electron chi connectivity index (χ4n) is 2.91. The molecule has 0 unspecified atom stereocenters. The molecule has 3 aromatic rings. The van der Waals surface area contributed by atoms with Crippen LogP contribution in [0.3, 0.4) is 0 Å². The number of amides is 2. The van der Waals surface area contributed by atoms with Gasteiger partial charge in [0.15, 0.2) is 6.61 Å². The minimum atomic E-state index is -0.721. The van der Waals surface area contributed by atoms with Gasteiger partial charge in [-0.15, -0.1) is 0 Å². The van der Waals surface area contributed by atoms with Crippen LogP contribution in [-0.4, -0.2) is 28.8 Å². The van der Waals surface area contributed by atoms with Crippen LogP contribution in [0.5, 0.6) is 0 Å². The van der Waals surface area contributed by atoms with Crippen LogP contribution in [0, 0.1) is 6.92 Å². The molecule has 8 nitrogen and oxygen atoms in total. The summed E-state index contributed by atoms with van der Waals surface area (Å²) in [4.78, 5) is 37.2. The number of nitrogens with two attached hydrogens (primary N) is 1. The molecule has 0 radical (unpaired) electrons. The van der Waals surface area contributed by atoms with E-state index in [0.717, 1.165) is 17.1 Å². The molecule has 1 heterocycles. The highest BCUT2D eigenvalue weighted by Gasteiger charge is 2.20. The molecular formula is C22H22N4O4S. The predicted octanol–water partition coefficient (Wildman–Crippen LogP) is 3.32.